The van der Waals surface area contributed by atoms with Crippen LogP contribution in [0.25, 0.3) is 22.6 Å². The Bertz CT molecular complexity index is 1320. The largest absolute Gasteiger partial charge is 0.434 e. The number of ether oxygens (including phenoxy) is 1. The maximum Gasteiger partial charge on any atom is 0.434 e. The van der Waals surface area contributed by atoms with E-state index in [-0.39, 0.29) is 22.8 Å². The number of hydrogen-bond acceptors (Lipinski definition) is 4. The van der Waals surface area contributed by atoms with Crippen LogP contribution >= 0.6 is 0 Å². The number of pyridine rings is 1. The second kappa shape index (κ2) is 7.56. The zero-order chi connectivity index (χ0) is 22.5. The minimum atomic E-state index is -4.76. The van der Waals surface area contributed by atoms with E-state index in [1.165, 1.54) is 18.3 Å². The first kappa shape index (κ1) is 20.4. The van der Waals surface area contributed by atoms with Gasteiger partial charge >= 0.3 is 6.18 Å². The van der Waals surface area contributed by atoms with Crippen LogP contribution in [-0.4, -0.2) is 38.9 Å². The van der Waals surface area contributed by atoms with Gasteiger partial charge < -0.3 is 14.7 Å². The summed E-state index contributed by atoms with van der Waals surface area (Å²) in [5, 5.41) is 0. The number of nitrogens with one attached hydrogen (secondary N) is 2. The predicted molar refractivity (Wildman–Crippen MR) is 107 cm³/mol. The Morgan fingerprint density at radius 2 is 2.06 bits per heavy atom. The maximum atomic E-state index is 15.0. The summed E-state index contributed by atoms with van der Waals surface area (Å²) >= 11 is 0. The molecule has 0 amide bonds. The van der Waals surface area contributed by atoms with Gasteiger partial charge in [0, 0.05) is 30.5 Å². The second-order valence-electron chi connectivity index (χ2n) is 7.54. The number of rotatable bonds is 4. The molecule has 10 heteroatoms. The monoisotopic (exact) mass is 444 g/mol. The molecule has 1 atom stereocenters. The molecule has 1 aromatic carbocycles. The fraction of sp³-hybridized carbons (Fsp3) is 0.227. The third-order valence-electron chi connectivity index (χ3n) is 5.51. The first-order valence-electron chi connectivity index (χ1n) is 9.84. The molecule has 0 bridgehead atoms. The van der Waals surface area contributed by atoms with Crippen molar-refractivity contribution in [2.24, 2.45) is 0 Å². The van der Waals surface area contributed by atoms with Crippen molar-refractivity contribution in [1.82, 2.24) is 19.9 Å². The molecule has 1 saturated heterocycles. The van der Waals surface area contributed by atoms with Gasteiger partial charge in [0.25, 0.3) is 0 Å². The van der Waals surface area contributed by atoms with E-state index < -0.39 is 29.0 Å². The Morgan fingerprint density at radius 3 is 2.81 bits per heavy atom. The number of halogens is 4. The number of aromatic amines is 2. The van der Waals surface area contributed by atoms with Gasteiger partial charge in [0.1, 0.15) is 5.52 Å². The summed E-state index contributed by atoms with van der Waals surface area (Å²) < 4.78 is 60.0. The van der Waals surface area contributed by atoms with Crippen molar-refractivity contribution in [2.45, 2.75) is 18.5 Å². The highest BCUT2D eigenvalue weighted by Gasteiger charge is 2.37. The van der Waals surface area contributed by atoms with Gasteiger partial charge in [-0.05, 0) is 36.2 Å². The number of carbonyl (C=O) groups excluding carboxylic acids is 1. The molecular weight excluding hydrogens is 428 g/mol. The van der Waals surface area contributed by atoms with Crippen LogP contribution in [0.3, 0.4) is 0 Å². The van der Waals surface area contributed by atoms with Gasteiger partial charge in [-0.25, -0.2) is 9.37 Å². The van der Waals surface area contributed by atoms with E-state index in [2.05, 4.69) is 19.9 Å². The topological polar surface area (TPSA) is 83.7 Å². The first-order valence-corrected chi connectivity index (χ1v) is 9.84. The number of H-pyrrole nitrogens is 2. The van der Waals surface area contributed by atoms with Crippen LogP contribution in [0.4, 0.5) is 17.6 Å². The van der Waals surface area contributed by atoms with Gasteiger partial charge in [0.2, 0.25) is 0 Å². The molecule has 6 nitrogen and oxygen atoms in total. The number of ketones is 1. The van der Waals surface area contributed by atoms with Gasteiger partial charge in [-0.3, -0.25) is 9.78 Å². The van der Waals surface area contributed by atoms with E-state index in [1.807, 2.05) is 0 Å². The predicted octanol–water partition coefficient (Wildman–Crippen LogP) is 4.85. The highest BCUT2D eigenvalue weighted by atomic mass is 19.4. The van der Waals surface area contributed by atoms with Crippen molar-refractivity contribution >= 4 is 16.8 Å². The quantitative estimate of drug-likeness (QED) is 0.348. The summed E-state index contributed by atoms with van der Waals surface area (Å²) in [5.74, 6) is -1.04. The molecule has 1 aliphatic heterocycles. The van der Waals surface area contributed by atoms with Gasteiger partial charge in [-0.1, -0.05) is 6.07 Å². The van der Waals surface area contributed by atoms with E-state index in [1.54, 1.807) is 12.1 Å². The lowest BCUT2D eigenvalue weighted by Crippen LogP contribution is -2.15. The average Bonchev–Trinajstić information content (AvgIpc) is 3.52. The fourth-order valence-corrected chi connectivity index (χ4v) is 3.91. The van der Waals surface area contributed by atoms with E-state index in [9.17, 15) is 18.0 Å². The molecule has 32 heavy (non-hydrogen) atoms. The number of aromatic nitrogens is 4. The lowest BCUT2D eigenvalue weighted by Gasteiger charge is -2.09. The SMILES string of the molecule is O=C(c1c[nH]c(-c2nc3c(F)c([C@H]4CCOC4)ccc3[nH]2)c1)c1cccnc1C(F)(F)F. The molecular formula is C22H16F4N4O2. The Labute approximate surface area is 178 Å². The molecule has 4 aromatic rings. The summed E-state index contributed by atoms with van der Waals surface area (Å²) in [4.78, 5) is 26.1. The minimum absolute atomic E-state index is 0.00298. The zero-order valence-electron chi connectivity index (χ0n) is 16.5. The van der Waals surface area contributed by atoms with Crippen LogP contribution in [0.15, 0.2) is 42.7 Å². The highest BCUT2D eigenvalue weighted by Crippen LogP contribution is 2.33. The number of hydrogen-bond donors (Lipinski definition) is 2. The molecule has 0 spiro atoms. The van der Waals surface area contributed by atoms with Crippen LogP contribution in [0.5, 0.6) is 0 Å². The summed E-state index contributed by atoms with van der Waals surface area (Å²) in [7, 11) is 0. The normalized spacial score (nSPS) is 16.7. The molecule has 3 aromatic heterocycles. The zero-order valence-corrected chi connectivity index (χ0v) is 16.5. The Hall–Kier alpha value is -3.53. The van der Waals surface area contributed by atoms with Crippen LogP contribution < -0.4 is 0 Å². The smallest absolute Gasteiger partial charge is 0.381 e. The van der Waals surface area contributed by atoms with Gasteiger partial charge in [-0.15, -0.1) is 0 Å². The first-order chi connectivity index (χ1) is 15.3. The lowest BCUT2D eigenvalue weighted by atomic mass is 9.97. The van der Waals surface area contributed by atoms with Crippen LogP contribution in [-0.2, 0) is 10.9 Å². The van der Waals surface area contributed by atoms with E-state index in [0.717, 1.165) is 18.7 Å². The van der Waals surface area contributed by atoms with Gasteiger partial charge in [-0.2, -0.15) is 13.2 Å². The van der Waals surface area contributed by atoms with Crippen molar-refractivity contribution in [3.8, 4) is 11.5 Å². The second-order valence-corrected chi connectivity index (χ2v) is 7.54. The van der Waals surface area contributed by atoms with Crippen molar-refractivity contribution < 1.29 is 27.1 Å². The van der Waals surface area contributed by atoms with E-state index >= 15 is 4.39 Å². The molecule has 1 fully saturated rings. The minimum Gasteiger partial charge on any atom is -0.381 e. The molecule has 2 N–H and O–H groups in total. The summed E-state index contributed by atoms with van der Waals surface area (Å²) in [6.07, 6.45) is -1.76. The van der Waals surface area contributed by atoms with Crippen molar-refractivity contribution in [3.05, 3.63) is 70.9 Å². The average molecular weight is 444 g/mol. The molecule has 0 saturated carbocycles. The fourth-order valence-electron chi connectivity index (χ4n) is 3.91. The molecule has 5 rings (SSSR count). The third kappa shape index (κ3) is 3.46. The summed E-state index contributed by atoms with van der Waals surface area (Å²) in [5.41, 5.74) is -0.304. The Kier molecular flexibility index (Phi) is 4.81. The number of imidazole rings is 1. The number of carbonyl (C=O) groups is 1. The molecule has 0 unspecified atom stereocenters. The summed E-state index contributed by atoms with van der Waals surface area (Å²) in [6.45, 7) is 1.04. The van der Waals surface area contributed by atoms with E-state index in [0.29, 0.717) is 30.0 Å². The number of benzene rings is 1. The number of nitrogens with zero attached hydrogens (tertiary/aromatic N) is 2. The van der Waals surface area contributed by atoms with Crippen LogP contribution in [0, 0.1) is 5.82 Å². The van der Waals surface area contributed by atoms with Gasteiger partial charge in [0.15, 0.2) is 23.1 Å². The highest BCUT2D eigenvalue weighted by molar-refractivity contribution is 6.10. The molecule has 1 aliphatic rings. The standard InChI is InChI=1S/C22H16F4N4O2/c23-17-13(11-5-7-32-10-11)3-4-15-18(17)30-21(29-15)16-8-12(9-28-16)19(31)14-2-1-6-27-20(14)22(24,25)26/h1-4,6,8-9,11,28H,5,7,10H2,(H,29,30)/t11-/m0/s1. The Balaban J connectivity index is 1.49. The van der Waals surface area contributed by atoms with Crippen molar-refractivity contribution in [2.75, 3.05) is 13.2 Å². The Morgan fingerprint density at radius 1 is 1.22 bits per heavy atom. The van der Waals surface area contributed by atoms with Crippen molar-refractivity contribution in [1.29, 1.82) is 0 Å². The van der Waals surface area contributed by atoms with Crippen molar-refractivity contribution in [3.63, 3.8) is 0 Å². The van der Waals surface area contributed by atoms with Gasteiger partial charge in [0.05, 0.1) is 23.4 Å². The number of fused-ring (bicyclic) bond motifs is 1. The molecule has 0 aliphatic carbocycles. The number of alkyl halides is 3. The lowest BCUT2D eigenvalue weighted by molar-refractivity contribution is -0.141. The molecule has 0 radical (unpaired) electrons. The van der Waals surface area contributed by atoms with Crippen LogP contribution in [0.1, 0.15) is 39.5 Å². The third-order valence-corrected chi connectivity index (χ3v) is 5.51. The van der Waals surface area contributed by atoms with Crippen LogP contribution in [0.2, 0.25) is 0 Å². The molecule has 4 heterocycles. The maximum absolute atomic E-state index is 15.0. The van der Waals surface area contributed by atoms with E-state index in [4.69, 9.17) is 4.74 Å². The molecule has 164 valence electrons. The summed E-state index contributed by atoms with van der Waals surface area (Å²) in [6, 6.07) is 7.14.